The van der Waals surface area contributed by atoms with Crippen LogP contribution in [-0.2, 0) is 0 Å². The number of benzene rings is 1. The second-order valence-electron chi connectivity index (χ2n) is 3.67. The third-order valence-corrected chi connectivity index (χ3v) is 2.06. The number of hydrogen-bond donors (Lipinski definition) is 1. The zero-order valence-corrected chi connectivity index (χ0v) is 9.63. The van der Waals surface area contributed by atoms with Crippen molar-refractivity contribution >= 4 is 0 Å². The van der Waals surface area contributed by atoms with E-state index in [1.165, 1.54) is 12.1 Å². The fraction of sp³-hybridized carbons (Fsp3) is 0.385. The third kappa shape index (κ3) is 4.94. The topological polar surface area (TPSA) is 21.3 Å². The Morgan fingerprint density at radius 2 is 2.06 bits per heavy atom. The standard InChI is InChI=1S/C13H18FNO/c1-3-8-15-9-11(2)10-16-13-6-4-12(14)5-7-13/h4-7,15H,2-3,8-10H2,1H3. The molecule has 88 valence electrons. The Bertz CT molecular complexity index is 321. The largest absolute Gasteiger partial charge is 0.489 e. The number of rotatable bonds is 7. The van der Waals surface area contributed by atoms with Crippen molar-refractivity contribution in [2.75, 3.05) is 19.7 Å². The molecule has 0 radical (unpaired) electrons. The Kier molecular flexibility index (Phi) is 5.57. The van der Waals surface area contributed by atoms with Gasteiger partial charge in [0.2, 0.25) is 0 Å². The third-order valence-electron chi connectivity index (χ3n) is 2.06. The average molecular weight is 223 g/mol. The smallest absolute Gasteiger partial charge is 0.123 e. The minimum absolute atomic E-state index is 0.254. The van der Waals surface area contributed by atoms with Crippen LogP contribution in [0.1, 0.15) is 13.3 Å². The van der Waals surface area contributed by atoms with E-state index in [1.807, 2.05) is 0 Å². The second kappa shape index (κ2) is 7.01. The zero-order valence-electron chi connectivity index (χ0n) is 9.63. The Morgan fingerprint density at radius 3 is 2.69 bits per heavy atom. The highest BCUT2D eigenvalue weighted by Crippen LogP contribution is 2.11. The van der Waals surface area contributed by atoms with E-state index in [9.17, 15) is 4.39 Å². The molecule has 0 atom stereocenters. The molecule has 0 saturated carbocycles. The van der Waals surface area contributed by atoms with Gasteiger partial charge in [-0.2, -0.15) is 0 Å². The van der Waals surface area contributed by atoms with Crippen LogP contribution in [0.2, 0.25) is 0 Å². The summed E-state index contributed by atoms with van der Waals surface area (Å²) in [4.78, 5) is 0. The lowest BCUT2D eigenvalue weighted by atomic mass is 10.3. The van der Waals surface area contributed by atoms with Crippen molar-refractivity contribution in [1.82, 2.24) is 5.32 Å². The first-order chi connectivity index (χ1) is 7.72. The Balaban J connectivity index is 2.23. The molecule has 1 aromatic rings. The molecule has 1 N–H and O–H groups in total. The first-order valence-corrected chi connectivity index (χ1v) is 5.48. The summed E-state index contributed by atoms with van der Waals surface area (Å²) < 4.78 is 18.1. The molecule has 16 heavy (non-hydrogen) atoms. The minimum Gasteiger partial charge on any atom is -0.489 e. The van der Waals surface area contributed by atoms with E-state index in [4.69, 9.17) is 4.74 Å². The van der Waals surface area contributed by atoms with Crippen LogP contribution in [-0.4, -0.2) is 19.7 Å². The van der Waals surface area contributed by atoms with E-state index in [2.05, 4.69) is 18.8 Å². The Labute approximate surface area is 96.1 Å². The molecule has 0 heterocycles. The summed E-state index contributed by atoms with van der Waals surface area (Å²) >= 11 is 0. The molecular formula is C13H18FNO. The summed E-state index contributed by atoms with van der Waals surface area (Å²) in [6.45, 7) is 8.21. The zero-order chi connectivity index (χ0) is 11.8. The number of hydrogen-bond acceptors (Lipinski definition) is 2. The van der Waals surface area contributed by atoms with Crippen molar-refractivity contribution < 1.29 is 9.13 Å². The molecule has 0 aliphatic heterocycles. The molecule has 0 aliphatic rings. The van der Waals surface area contributed by atoms with Gasteiger partial charge >= 0.3 is 0 Å². The van der Waals surface area contributed by atoms with Gasteiger partial charge in [-0.25, -0.2) is 4.39 Å². The van der Waals surface area contributed by atoms with E-state index in [0.717, 1.165) is 25.1 Å². The van der Waals surface area contributed by atoms with Crippen LogP contribution in [0.3, 0.4) is 0 Å². The molecule has 0 unspecified atom stereocenters. The van der Waals surface area contributed by atoms with Crippen molar-refractivity contribution in [3.63, 3.8) is 0 Å². The van der Waals surface area contributed by atoms with Crippen molar-refractivity contribution in [3.05, 3.63) is 42.2 Å². The van der Waals surface area contributed by atoms with Crippen LogP contribution < -0.4 is 10.1 Å². The SMILES string of the molecule is C=C(CNCCC)COc1ccc(F)cc1. The molecule has 0 bridgehead atoms. The molecule has 0 fully saturated rings. The number of halogens is 1. The summed E-state index contributed by atoms with van der Waals surface area (Å²) in [7, 11) is 0. The van der Waals surface area contributed by atoms with Crippen LogP contribution in [0, 0.1) is 5.82 Å². The van der Waals surface area contributed by atoms with Gasteiger partial charge in [0.05, 0.1) is 0 Å². The van der Waals surface area contributed by atoms with Crippen molar-refractivity contribution in [2.24, 2.45) is 0 Å². The predicted octanol–water partition coefficient (Wildman–Crippen LogP) is 2.76. The minimum atomic E-state index is -0.254. The first kappa shape index (κ1) is 12.7. The number of ether oxygens (including phenoxy) is 1. The van der Waals surface area contributed by atoms with Gasteiger partial charge in [-0.1, -0.05) is 13.5 Å². The maximum atomic E-state index is 12.6. The monoisotopic (exact) mass is 223 g/mol. The van der Waals surface area contributed by atoms with Gasteiger partial charge in [0.1, 0.15) is 18.2 Å². The normalized spacial score (nSPS) is 10.1. The van der Waals surface area contributed by atoms with E-state index in [1.54, 1.807) is 12.1 Å². The predicted molar refractivity (Wildman–Crippen MR) is 64.2 cm³/mol. The second-order valence-corrected chi connectivity index (χ2v) is 3.67. The van der Waals surface area contributed by atoms with Crippen LogP contribution in [0.5, 0.6) is 5.75 Å². The van der Waals surface area contributed by atoms with Gasteiger partial charge in [0.15, 0.2) is 0 Å². The molecule has 0 saturated heterocycles. The molecule has 1 aromatic carbocycles. The fourth-order valence-corrected chi connectivity index (χ4v) is 1.21. The van der Waals surface area contributed by atoms with Gasteiger partial charge in [-0.3, -0.25) is 0 Å². The van der Waals surface area contributed by atoms with Crippen molar-refractivity contribution in [3.8, 4) is 5.75 Å². The lowest BCUT2D eigenvalue weighted by Crippen LogP contribution is -2.20. The lowest BCUT2D eigenvalue weighted by Gasteiger charge is -2.09. The van der Waals surface area contributed by atoms with Crippen LogP contribution >= 0.6 is 0 Å². The van der Waals surface area contributed by atoms with E-state index in [-0.39, 0.29) is 5.82 Å². The maximum absolute atomic E-state index is 12.6. The number of nitrogens with one attached hydrogen (secondary N) is 1. The fourth-order valence-electron chi connectivity index (χ4n) is 1.21. The quantitative estimate of drug-likeness (QED) is 0.567. The molecule has 0 aromatic heterocycles. The maximum Gasteiger partial charge on any atom is 0.123 e. The highest BCUT2D eigenvalue weighted by Gasteiger charge is 1.97. The van der Waals surface area contributed by atoms with E-state index < -0.39 is 0 Å². The summed E-state index contributed by atoms with van der Waals surface area (Å²) in [6.07, 6.45) is 1.10. The molecule has 0 spiro atoms. The summed E-state index contributed by atoms with van der Waals surface area (Å²) in [6, 6.07) is 5.99. The van der Waals surface area contributed by atoms with Crippen LogP contribution in [0.25, 0.3) is 0 Å². The highest BCUT2D eigenvalue weighted by atomic mass is 19.1. The molecule has 0 amide bonds. The van der Waals surface area contributed by atoms with Gasteiger partial charge < -0.3 is 10.1 Å². The van der Waals surface area contributed by atoms with E-state index in [0.29, 0.717) is 12.4 Å². The van der Waals surface area contributed by atoms with Gasteiger partial charge in [0, 0.05) is 6.54 Å². The molecule has 1 rings (SSSR count). The Morgan fingerprint density at radius 1 is 1.38 bits per heavy atom. The Hall–Kier alpha value is -1.35. The van der Waals surface area contributed by atoms with Gasteiger partial charge in [-0.15, -0.1) is 0 Å². The molecule has 2 nitrogen and oxygen atoms in total. The summed E-state index contributed by atoms with van der Waals surface area (Å²) in [5.41, 5.74) is 0.984. The highest BCUT2D eigenvalue weighted by molar-refractivity contribution is 5.22. The van der Waals surface area contributed by atoms with Crippen LogP contribution in [0.15, 0.2) is 36.4 Å². The van der Waals surface area contributed by atoms with Crippen LogP contribution in [0.4, 0.5) is 4.39 Å². The summed E-state index contributed by atoms with van der Waals surface area (Å²) in [5, 5.41) is 3.24. The lowest BCUT2D eigenvalue weighted by molar-refractivity contribution is 0.347. The van der Waals surface area contributed by atoms with Crippen molar-refractivity contribution in [2.45, 2.75) is 13.3 Å². The van der Waals surface area contributed by atoms with Gasteiger partial charge in [-0.05, 0) is 42.8 Å². The van der Waals surface area contributed by atoms with Gasteiger partial charge in [0.25, 0.3) is 0 Å². The molecular weight excluding hydrogens is 205 g/mol. The molecule has 0 aliphatic carbocycles. The van der Waals surface area contributed by atoms with E-state index >= 15 is 0 Å². The average Bonchev–Trinajstić information content (AvgIpc) is 2.29. The first-order valence-electron chi connectivity index (χ1n) is 5.48. The van der Waals surface area contributed by atoms with Crippen molar-refractivity contribution in [1.29, 1.82) is 0 Å². The molecule has 3 heteroatoms. The summed E-state index contributed by atoms with van der Waals surface area (Å²) in [5.74, 6) is 0.411.